The van der Waals surface area contributed by atoms with Crippen LogP contribution in [0.1, 0.15) is 20.1 Å². The zero-order chi connectivity index (χ0) is 14.8. The van der Waals surface area contributed by atoms with Crippen LogP contribution in [0.25, 0.3) is 11.1 Å². The number of nitrogens with zero attached hydrogens (tertiary/aromatic N) is 1. The highest BCUT2D eigenvalue weighted by atomic mass is 32.1. The second-order valence-corrected chi connectivity index (χ2v) is 7.00. The molecule has 106 valence electrons. The third-order valence-corrected chi connectivity index (χ3v) is 4.86. The van der Waals surface area contributed by atoms with E-state index in [2.05, 4.69) is 10.3 Å². The highest BCUT2D eigenvalue weighted by Gasteiger charge is 2.18. The number of amides is 1. The summed E-state index contributed by atoms with van der Waals surface area (Å²) in [6.07, 6.45) is 1.76. The van der Waals surface area contributed by atoms with Gasteiger partial charge >= 0.3 is 0 Å². The minimum Gasteiger partial charge on any atom is -0.298 e. The quantitative estimate of drug-likeness (QED) is 0.758. The number of thiazole rings is 1. The van der Waals surface area contributed by atoms with Crippen LogP contribution in [0.4, 0.5) is 5.13 Å². The number of hydrogen-bond donors (Lipinski definition) is 1. The van der Waals surface area contributed by atoms with E-state index in [4.69, 9.17) is 0 Å². The lowest BCUT2D eigenvalue weighted by Gasteiger charge is -2.06. The number of aryl methyl sites for hydroxylation is 2. The predicted molar refractivity (Wildman–Crippen MR) is 89.3 cm³/mol. The number of rotatable bonds is 3. The van der Waals surface area contributed by atoms with Gasteiger partial charge in [-0.2, -0.15) is 0 Å². The molecular weight excluding hydrogens is 300 g/mol. The largest absolute Gasteiger partial charge is 0.298 e. The zero-order valence-corrected chi connectivity index (χ0v) is 13.3. The monoisotopic (exact) mass is 314 g/mol. The number of benzene rings is 1. The van der Waals surface area contributed by atoms with Crippen LogP contribution < -0.4 is 5.32 Å². The van der Waals surface area contributed by atoms with E-state index in [0.29, 0.717) is 10.7 Å². The van der Waals surface area contributed by atoms with Crippen LogP contribution in [0.5, 0.6) is 0 Å². The van der Waals surface area contributed by atoms with E-state index in [9.17, 15) is 4.79 Å². The fraction of sp³-hybridized carbons (Fsp3) is 0.125. The molecular formula is C16H14N2OS2. The number of carbonyl (C=O) groups excluding carboxylic acids is 1. The number of hydrogen-bond acceptors (Lipinski definition) is 4. The Morgan fingerprint density at radius 3 is 2.62 bits per heavy atom. The van der Waals surface area contributed by atoms with Gasteiger partial charge in [-0.3, -0.25) is 10.1 Å². The summed E-state index contributed by atoms with van der Waals surface area (Å²) in [6, 6.07) is 10.00. The fourth-order valence-corrected chi connectivity index (χ4v) is 3.69. The van der Waals surface area contributed by atoms with Crippen molar-refractivity contribution in [2.24, 2.45) is 0 Å². The van der Waals surface area contributed by atoms with Gasteiger partial charge in [0.25, 0.3) is 5.91 Å². The standard InChI is InChI=1S/C16H14N2OS2/c1-10-8-17-16(21-10)18-15(19)13-9-20-11(2)14(13)12-6-4-3-5-7-12/h3-9H,1-2H3,(H,17,18,19). The molecule has 0 saturated heterocycles. The third kappa shape index (κ3) is 2.89. The van der Waals surface area contributed by atoms with Gasteiger partial charge in [-0.05, 0) is 19.4 Å². The molecule has 0 radical (unpaired) electrons. The van der Waals surface area contributed by atoms with Gasteiger partial charge < -0.3 is 0 Å². The van der Waals surface area contributed by atoms with Crippen molar-refractivity contribution in [2.45, 2.75) is 13.8 Å². The smallest absolute Gasteiger partial charge is 0.258 e. The summed E-state index contributed by atoms with van der Waals surface area (Å²) >= 11 is 3.07. The highest BCUT2D eigenvalue weighted by molar-refractivity contribution is 7.15. The van der Waals surface area contributed by atoms with E-state index >= 15 is 0 Å². The molecule has 0 spiro atoms. The molecule has 1 N–H and O–H groups in total. The number of aromatic nitrogens is 1. The van der Waals surface area contributed by atoms with E-state index in [1.807, 2.05) is 49.6 Å². The van der Waals surface area contributed by atoms with Crippen LogP contribution in [0.2, 0.25) is 0 Å². The molecule has 1 amide bonds. The van der Waals surface area contributed by atoms with Crippen molar-refractivity contribution in [3.05, 3.63) is 57.2 Å². The second-order valence-electron chi connectivity index (χ2n) is 4.68. The van der Waals surface area contributed by atoms with Crippen LogP contribution in [0, 0.1) is 13.8 Å². The number of nitrogens with one attached hydrogen (secondary N) is 1. The van der Waals surface area contributed by atoms with Crippen LogP contribution in [-0.4, -0.2) is 10.9 Å². The van der Waals surface area contributed by atoms with Crippen LogP contribution in [-0.2, 0) is 0 Å². The molecule has 5 heteroatoms. The fourth-order valence-electron chi connectivity index (χ4n) is 2.16. The molecule has 3 aromatic rings. The molecule has 21 heavy (non-hydrogen) atoms. The molecule has 0 aliphatic rings. The summed E-state index contributed by atoms with van der Waals surface area (Å²) in [6.45, 7) is 4.01. The molecule has 2 aromatic heterocycles. The number of carbonyl (C=O) groups is 1. The van der Waals surface area contributed by atoms with Crippen molar-refractivity contribution < 1.29 is 4.79 Å². The van der Waals surface area contributed by atoms with Crippen LogP contribution >= 0.6 is 22.7 Å². The minimum atomic E-state index is -0.104. The zero-order valence-electron chi connectivity index (χ0n) is 11.7. The van der Waals surface area contributed by atoms with Crippen LogP contribution in [0.3, 0.4) is 0 Å². The highest BCUT2D eigenvalue weighted by Crippen LogP contribution is 2.33. The van der Waals surface area contributed by atoms with Gasteiger partial charge in [0, 0.05) is 26.9 Å². The summed E-state index contributed by atoms with van der Waals surface area (Å²) in [7, 11) is 0. The predicted octanol–water partition coefficient (Wildman–Crippen LogP) is 4.74. The van der Waals surface area contributed by atoms with E-state index in [1.54, 1.807) is 17.5 Å². The SMILES string of the molecule is Cc1cnc(NC(=O)c2csc(C)c2-c2ccccc2)s1. The van der Waals surface area contributed by atoms with Gasteiger partial charge in [0.15, 0.2) is 5.13 Å². The lowest BCUT2D eigenvalue weighted by molar-refractivity contribution is 0.102. The lowest BCUT2D eigenvalue weighted by Crippen LogP contribution is -2.11. The summed E-state index contributed by atoms with van der Waals surface area (Å²) in [4.78, 5) is 18.9. The van der Waals surface area contributed by atoms with Gasteiger partial charge in [-0.1, -0.05) is 30.3 Å². The Hall–Kier alpha value is -1.98. The van der Waals surface area contributed by atoms with E-state index in [0.717, 1.165) is 20.9 Å². The van der Waals surface area contributed by atoms with E-state index in [-0.39, 0.29) is 5.91 Å². The Balaban J connectivity index is 1.94. The lowest BCUT2D eigenvalue weighted by atomic mass is 10.0. The molecule has 2 heterocycles. The molecule has 3 rings (SSSR count). The van der Waals surface area contributed by atoms with Crippen LogP contribution in [0.15, 0.2) is 41.9 Å². The minimum absolute atomic E-state index is 0.104. The average molecular weight is 314 g/mol. The van der Waals surface area contributed by atoms with Gasteiger partial charge in [-0.25, -0.2) is 4.98 Å². The van der Waals surface area contributed by atoms with Gasteiger partial charge in [-0.15, -0.1) is 22.7 Å². The van der Waals surface area contributed by atoms with E-state index in [1.165, 1.54) is 11.3 Å². The van der Waals surface area contributed by atoms with Crippen molar-refractivity contribution in [1.29, 1.82) is 0 Å². The van der Waals surface area contributed by atoms with E-state index < -0.39 is 0 Å². The Morgan fingerprint density at radius 2 is 1.95 bits per heavy atom. The molecule has 0 bridgehead atoms. The molecule has 0 aliphatic carbocycles. The second kappa shape index (κ2) is 5.79. The molecule has 1 aromatic carbocycles. The first-order chi connectivity index (χ1) is 10.1. The normalized spacial score (nSPS) is 10.6. The van der Waals surface area contributed by atoms with Crippen molar-refractivity contribution in [1.82, 2.24) is 4.98 Å². The molecule has 0 aliphatic heterocycles. The van der Waals surface area contributed by atoms with Gasteiger partial charge in [0.05, 0.1) is 5.56 Å². The Kier molecular flexibility index (Phi) is 3.86. The average Bonchev–Trinajstić information content (AvgIpc) is 3.06. The summed E-state index contributed by atoms with van der Waals surface area (Å²) in [5, 5.41) is 5.43. The number of anilines is 1. The first-order valence-electron chi connectivity index (χ1n) is 6.52. The Bertz CT molecular complexity index is 775. The Labute approximate surface area is 131 Å². The van der Waals surface area contributed by atoms with Crippen molar-refractivity contribution in [2.75, 3.05) is 5.32 Å². The first kappa shape index (κ1) is 14.0. The summed E-state index contributed by atoms with van der Waals surface area (Å²) in [5.74, 6) is -0.104. The molecule has 0 fully saturated rings. The molecule has 0 saturated carbocycles. The molecule has 0 unspecified atom stereocenters. The summed E-state index contributed by atoms with van der Waals surface area (Å²) < 4.78 is 0. The first-order valence-corrected chi connectivity index (χ1v) is 8.22. The maximum atomic E-state index is 12.5. The number of thiophene rings is 1. The topological polar surface area (TPSA) is 42.0 Å². The van der Waals surface area contributed by atoms with Crippen molar-refractivity contribution >= 4 is 33.7 Å². The Morgan fingerprint density at radius 1 is 1.19 bits per heavy atom. The maximum absolute atomic E-state index is 12.5. The van der Waals surface area contributed by atoms with Crippen molar-refractivity contribution in [3.63, 3.8) is 0 Å². The third-order valence-electron chi connectivity index (χ3n) is 3.12. The van der Waals surface area contributed by atoms with Gasteiger partial charge in [0.2, 0.25) is 0 Å². The van der Waals surface area contributed by atoms with Gasteiger partial charge in [0.1, 0.15) is 0 Å². The molecule has 0 atom stereocenters. The summed E-state index contributed by atoms with van der Waals surface area (Å²) in [5.41, 5.74) is 2.78. The van der Waals surface area contributed by atoms with Crippen molar-refractivity contribution in [3.8, 4) is 11.1 Å². The molecule has 3 nitrogen and oxygen atoms in total. The maximum Gasteiger partial charge on any atom is 0.258 e.